The number of rotatable bonds is 1. The molecular formula is C8H12N2O3. The maximum absolute atomic E-state index is 10.9. The van der Waals surface area contributed by atoms with Crippen molar-refractivity contribution in [1.29, 1.82) is 0 Å². The molecule has 72 valence electrons. The molecule has 13 heavy (non-hydrogen) atoms. The van der Waals surface area contributed by atoms with E-state index >= 15 is 0 Å². The summed E-state index contributed by atoms with van der Waals surface area (Å²) in [6.45, 7) is 1.93. The highest BCUT2D eigenvalue weighted by Crippen LogP contribution is 2.59. The monoisotopic (exact) mass is 184 g/mol. The van der Waals surface area contributed by atoms with Crippen molar-refractivity contribution in [3.8, 4) is 0 Å². The van der Waals surface area contributed by atoms with Crippen molar-refractivity contribution in [3.05, 3.63) is 0 Å². The third-order valence-corrected chi connectivity index (χ3v) is 3.36. The second-order valence-corrected chi connectivity index (χ2v) is 4.02. The van der Waals surface area contributed by atoms with Gasteiger partial charge in [0.05, 0.1) is 5.71 Å². The topological polar surface area (TPSA) is 95.9 Å². The lowest BCUT2D eigenvalue weighted by Crippen LogP contribution is -2.49. The summed E-state index contributed by atoms with van der Waals surface area (Å²) in [7, 11) is 0. The normalized spacial score (nSPS) is 50.6. The van der Waals surface area contributed by atoms with Crippen LogP contribution in [-0.4, -0.2) is 27.5 Å². The molecule has 0 radical (unpaired) electrons. The smallest absolute Gasteiger partial charge is 0.324 e. The van der Waals surface area contributed by atoms with Gasteiger partial charge in [0.25, 0.3) is 0 Å². The first kappa shape index (κ1) is 8.50. The van der Waals surface area contributed by atoms with Crippen molar-refractivity contribution < 1.29 is 15.1 Å². The third kappa shape index (κ3) is 0.848. The molecule has 0 bridgehead atoms. The number of oxime groups is 1. The molecular weight excluding hydrogens is 172 g/mol. The van der Waals surface area contributed by atoms with Crippen molar-refractivity contribution >= 4 is 11.7 Å². The molecule has 0 amide bonds. The van der Waals surface area contributed by atoms with Crippen molar-refractivity contribution in [2.45, 2.75) is 18.9 Å². The van der Waals surface area contributed by atoms with Gasteiger partial charge in [0.15, 0.2) is 0 Å². The van der Waals surface area contributed by atoms with Gasteiger partial charge in [-0.15, -0.1) is 0 Å². The van der Waals surface area contributed by atoms with Crippen LogP contribution < -0.4 is 5.73 Å². The van der Waals surface area contributed by atoms with Gasteiger partial charge in [-0.05, 0) is 11.8 Å². The Labute approximate surface area is 75.2 Å². The van der Waals surface area contributed by atoms with Crippen LogP contribution >= 0.6 is 0 Å². The highest BCUT2D eigenvalue weighted by molar-refractivity contribution is 6.01. The predicted octanol–water partition coefficient (Wildman–Crippen LogP) is -0.115. The fourth-order valence-electron chi connectivity index (χ4n) is 2.62. The standard InChI is InChI=1S/C8H12N2O3/c1-3-5-4(10-13)2-8(9,6(3)5)7(11)12/h3,5-6,13H,2,9H2,1H3,(H,11,12)/b10-4-/t3-,5?,6+,8-/m0/s1. The van der Waals surface area contributed by atoms with Crippen LogP contribution in [0.4, 0.5) is 0 Å². The Balaban J connectivity index is 2.32. The van der Waals surface area contributed by atoms with Crippen LogP contribution in [0.25, 0.3) is 0 Å². The number of hydrogen-bond acceptors (Lipinski definition) is 4. The Kier molecular flexibility index (Phi) is 1.46. The minimum absolute atomic E-state index is 0.0455. The molecule has 4 N–H and O–H groups in total. The number of aliphatic carboxylic acids is 1. The molecule has 1 unspecified atom stereocenters. The third-order valence-electron chi connectivity index (χ3n) is 3.36. The summed E-state index contributed by atoms with van der Waals surface area (Å²) < 4.78 is 0. The van der Waals surface area contributed by atoms with Gasteiger partial charge < -0.3 is 16.0 Å². The summed E-state index contributed by atoms with van der Waals surface area (Å²) in [6, 6.07) is 0. The Morgan fingerprint density at radius 2 is 2.38 bits per heavy atom. The van der Waals surface area contributed by atoms with E-state index in [0.717, 1.165) is 0 Å². The van der Waals surface area contributed by atoms with E-state index in [1.807, 2.05) is 6.92 Å². The highest BCUT2D eigenvalue weighted by Gasteiger charge is 2.68. The number of carboxylic acid groups (broad SMARTS) is 1. The number of carboxylic acids is 1. The first-order valence-corrected chi connectivity index (χ1v) is 4.25. The number of carbonyl (C=O) groups is 1. The Bertz CT molecular complexity index is 302. The van der Waals surface area contributed by atoms with Gasteiger partial charge in [0.2, 0.25) is 0 Å². The highest BCUT2D eigenvalue weighted by atomic mass is 16.4. The molecule has 0 spiro atoms. The average molecular weight is 184 g/mol. The van der Waals surface area contributed by atoms with E-state index in [2.05, 4.69) is 5.16 Å². The quantitative estimate of drug-likeness (QED) is 0.391. The van der Waals surface area contributed by atoms with Gasteiger partial charge in [0.1, 0.15) is 5.54 Å². The van der Waals surface area contributed by atoms with Gasteiger partial charge >= 0.3 is 5.97 Å². The minimum Gasteiger partial charge on any atom is -0.480 e. The van der Waals surface area contributed by atoms with Gasteiger partial charge in [-0.2, -0.15) is 0 Å². The lowest BCUT2D eigenvalue weighted by Gasteiger charge is -2.20. The number of nitrogens with two attached hydrogens (primary N) is 1. The summed E-state index contributed by atoms with van der Waals surface area (Å²) >= 11 is 0. The molecule has 0 aliphatic heterocycles. The maximum atomic E-state index is 10.9. The SMILES string of the molecule is C[C@H]1C2/C(=N\O)C[C@@](N)(C(=O)O)[C@@H]21. The molecule has 2 aliphatic rings. The predicted molar refractivity (Wildman–Crippen MR) is 44.5 cm³/mol. The van der Waals surface area contributed by atoms with E-state index in [9.17, 15) is 4.79 Å². The van der Waals surface area contributed by atoms with Crippen LogP contribution in [0.2, 0.25) is 0 Å². The summed E-state index contributed by atoms with van der Waals surface area (Å²) in [5, 5.41) is 20.7. The molecule has 0 aromatic heterocycles. The van der Waals surface area contributed by atoms with Crippen molar-refractivity contribution in [3.63, 3.8) is 0 Å². The molecule has 0 saturated heterocycles. The van der Waals surface area contributed by atoms with Crippen LogP contribution in [0.5, 0.6) is 0 Å². The zero-order chi connectivity index (χ0) is 9.80. The fraction of sp³-hybridized carbons (Fsp3) is 0.750. The van der Waals surface area contributed by atoms with Gasteiger partial charge in [-0.3, -0.25) is 4.79 Å². The summed E-state index contributed by atoms with van der Waals surface area (Å²) in [6.07, 6.45) is 0.179. The van der Waals surface area contributed by atoms with Gasteiger partial charge in [-0.1, -0.05) is 12.1 Å². The first-order valence-electron chi connectivity index (χ1n) is 4.25. The minimum atomic E-state index is -1.20. The molecule has 4 atom stereocenters. The summed E-state index contributed by atoms with van der Waals surface area (Å²) in [5.41, 5.74) is 5.09. The molecule has 0 heterocycles. The first-order chi connectivity index (χ1) is 6.02. The van der Waals surface area contributed by atoms with Crippen LogP contribution in [-0.2, 0) is 4.79 Å². The second kappa shape index (κ2) is 2.23. The average Bonchev–Trinajstić information content (AvgIpc) is 2.59. The molecule has 0 aromatic rings. The Morgan fingerprint density at radius 3 is 2.69 bits per heavy atom. The largest absolute Gasteiger partial charge is 0.480 e. The van der Waals surface area contributed by atoms with Crippen molar-refractivity contribution in [2.75, 3.05) is 0 Å². The Morgan fingerprint density at radius 1 is 1.77 bits per heavy atom. The van der Waals surface area contributed by atoms with E-state index in [1.54, 1.807) is 0 Å². The van der Waals surface area contributed by atoms with Crippen LogP contribution in [0.1, 0.15) is 13.3 Å². The fourth-order valence-corrected chi connectivity index (χ4v) is 2.62. The molecule has 0 aromatic carbocycles. The van der Waals surface area contributed by atoms with Crippen molar-refractivity contribution in [2.24, 2.45) is 28.6 Å². The maximum Gasteiger partial charge on any atom is 0.324 e. The van der Waals surface area contributed by atoms with E-state index in [-0.39, 0.29) is 24.2 Å². The number of hydrogen-bond donors (Lipinski definition) is 3. The molecule has 2 rings (SSSR count). The zero-order valence-corrected chi connectivity index (χ0v) is 7.27. The van der Waals surface area contributed by atoms with Crippen LogP contribution in [0, 0.1) is 17.8 Å². The second-order valence-electron chi connectivity index (χ2n) is 4.02. The number of fused-ring (bicyclic) bond motifs is 1. The van der Waals surface area contributed by atoms with E-state index in [4.69, 9.17) is 16.0 Å². The zero-order valence-electron chi connectivity index (χ0n) is 7.27. The van der Waals surface area contributed by atoms with Crippen molar-refractivity contribution in [1.82, 2.24) is 0 Å². The lowest BCUT2D eigenvalue weighted by molar-refractivity contribution is -0.143. The molecule has 2 fully saturated rings. The van der Waals surface area contributed by atoms with Gasteiger partial charge in [-0.25, -0.2) is 0 Å². The van der Waals surface area contributed by atoms with Crippen LogP contribution in [0.15, 0.2) is 5.16 Å². The Hall–Kier alpha value is -1.10. The molecule has 2 aliphatic carbocycles. The molecule has 5 nitrogen and oxygen atoms in total. The van der Waals surface area contributed by atoms with E-state index < -0.39 is 11.5 Å². The van der Waals surface area contributed by atoms with E-state index in [0.29, 0.717) is 5.71 Å². The van der Waals surface area contributed by atoms with E-state index in [1.165, 1.54) is 0 Å². The molecule has 5 heteroatoms. The number of nitrogens with zero attached hydrogens (tertiary/aromatic N) is 1. The van der Waals surface area contributed by atoms with Crippen LogP contribution in [0.3, 0.4) is 0 Å². The lowest BCUT2D eigenvalue weighted by atomic mass is 9.92. The molecule has 2 saturated carbocycles. The summed E-state index contributed by atoms with van der Waals surface area (Å²) in [4.78, 5) is 10.9. The summed E-state index contributed by atoms with van der Waals surface area (Å²) in [5.74, 6) is -0.715. The van der Waals surface area contributed by atoms with Gasteiger partial charge in [0, 0.05) is 12.3 Å².